The summed E-state index contributed by atoms with van der Waals surface area (Å²) in [6.45, 7) is 0.827. The number of carbonyl (C=O) groups is 3. The Balaban J connectivity index is 1.56. The van der Waals surface area contributed by atoms with Gasteiger partial charge < -0.3 is 20.1 Å². The molecule has 0 atom stereocenters. The molecule has 7 nitrogen and oxygen atoms in total. The van der Waals surface area contributed by atoms with E-state index in [1.165, 1.54) is 0 Å². The Kier molecular flexibility index (Phi) is 10.3. The van der Waals surface area contributed by atoms with Gasteiger partial charge in [-0.1, -0.05) is 78.9 Å². The van der Waals surface area contributed by atoms with Crippen molar-refractivity contribution in [3.05, 3.63) is 125 Å². The van der Waals surface area contributed by atoms with E-state index in [4.69, 9.17) is 4.74 Å². The van der Waals surface area contributed by atoms with Gasteiger partial charge in [-0.15, -0.1) is 0 Å². The molecule has 0 unspecified atom stereocenters. The fourth-order valence-corrected chi connectivity index (χ4v) is 4.72. The Morgan fingerprint density at radius 1 is 0.756 bits per heavy atom. The molecule has 0 spiro atoms. The molecule has 0 bridgehead atoms. The molecule has 2 amide bonds. The van der Waals surface area contributed by atoms with Crippen LogP contribution >= 0.6 is 0 Å². The third-order valence-electron chi connectivity index (χ3n) is 6.83. The maximum absolute atomic E-state index is 13.9. The molecule has 0 heterocycles. The minimum absolute atomic E-state index is 0.0972. The van der Waals surface area contributed by atoms with Crippen molar-refractivity contribution in [1.29, 1.82) is 0 Å². The standard InChI is InChI=1S/C34H34N2O5/c1-41-27-15-9-13-26(23-27)24-35-33(39)30-18-7-5-16-28(30)29-17-6-8-19-31(29)34(40)36(22-20-32(37)38)21-10-14-25-11-3-2-4-12-25/h2-9,11-13,15-19,23H,10,14,20-22,24H2,1H3,(H,35,39)(H,37,38). The van der Waals surface area contributed by atoms with Crippen LogP contribution in [-0.2, 0) is 17.8 Å². The zero-order chi connectivity index (χ0) is 29.0. The number of nitrogens with one attached hydrogen (secondary N) is 1. The highest BCUT2D eigenvalue weighted by Crippen LogP contribution is 2.28. The molecular formula is C34H34N2O5. The zero-order valence-corrected chi connectivity index (χ0v) is 23.1. The van der Waals surface area contributed by atoms with Crippen LogP contribution in [0.15, 0.2) is 103 Å². The van der Waals surface area contributed by atoms with E-state index in [2.05, 4.69) is 5.32 Å². The Morgan fingerprint density at radius 3 is 2.10 bits per heavy atom. The van der Waals surface area contributed by atoms with Gasteiger partial charge in [0.05, 0.1) is 13.5 Å². The van der Waals surface area contributed by atoms with Crippen molar-refractivity contribution in [1.82, 2.24) is 10.2 Å². The number of carboxylic acids is 1. The minimum Gasteiger partial charge on any atom is -0.497 e. The SMILES string of the molecule is COc1cccc(CNC(=O)c2ccccc2-c2ccccc2C(=O)N(CCCc2ccccc2)CCC(=O)O)c1. The molecule has 0 aliphatic rings. The van der Waals surface area contributed by atoms with E-state index in [9.17, 15) is 19.5 Å². The summed E-state index contributed by atoms with van der Waals surface area (Å²) in [7, 11) is 1.60. The maximum atomic E-state index is 13.9. The third kappa shape index (κ3) is 8.05. The summed E-state index contributed by atoms with van der Waals surface area (Å²) < 4.78 is 5.27. The van der Waals surface area contributed by atoms with Crippen molar-refractivity contribution in [2.45, 2.75) is 25.8 Å². The first-order valence-corrected chi connectivity index (χ1v) is 13.6. The van der Waals surface area contributed by atoms with Gasteiger partial charge in [-0.2, -0.15) is 0 Å². The number of methoxy groups -OCH3 is 1. The number of ether oxygens (including phenoxy) is 1. The van der Waals surface area contributed by atoms with Gasteiger partial charge in [0.2, 0.25) is 0 Å². The lowest BCUT2D eigenvalue weighted by Gasteiger charge is -2.24. The van der Waals surface area contributed by atoms with Gasteiger partial charge in [0.1, 0.15) is 5.75 Å². The van der Waals surface area contributed by atoms with Crippen molar-refractivity contribution >= 4 is 17.8 Å². The van der Waals surface area contributed by atoms with Crippen molar-refractivity contribution in [2.75, 3.05) is 20.2 Å². The smallest absolute Gasteiger partial charge is 0.305 e. The second-order valence-electron chi connectivity index (χ2n) is 9.65. The van der Waals surface area contributed by atoms with Crippen LogP contribution in [0.25, 0.3) is 11.1 Å². The van der Waals surface area contributed by atoms with Crippen molar-refractivity contribution in [3.63, 3.8) is 0 Å². The topological polar surface area (TPSA) is 95.9 Å². The lowest BCUT2D eigenvalue weighted by atomic mass is 9.94. The first-order valence-electron chi connectivity index (χ1n) is 13.6. The Hall–Kier alpha value is -4.91. The molecule has 0 saturated heterocycles. The first-order chi connectivity index (χ1) is 20.0. The highest BCUT2D eigenvalue weighted by molar-refractivity contribution is 6.06. The maximum Gasteiger partial charge on any atom is 0.305 e. The van der Waals surface area contributed by atoms with E-state index in [1.807, 2.05) is 78.9 Å². The van der Waals surface area contributed by atoms with E-state index in [-0.39, 0.29) is 24.8 Å². The van der Waals surface area contributed by atoms with Crippen LogP contribution in [0.1, 0.15) is 44.7 Å². The highest BCUT2D eigenvalue weighted by atomic mass is 16.5. The van der Waals surface area contributed by atoms with E-state index in [1.54, 1.807) is 36.3 Å². The van der Waals surface area contributed by atoms with Crippen LogP contribution in [-0.4, -0.2) is 48.0 Å². The normalized spacial score (nSPS) is 10.6. The fraction of sp³-hybridized carbons (Fsp3) is 0.206. The predicted molar refractivity (Wildman–Crippen MR) is 159 cm³/mol. The van der Waals surface area contributed by atoms with Crippen LogP contribution in [0.3, 0.4) is 0 Å². The van der Waals surface area contributed by atoms with Gasteiger partial charge in [-0.3, -0.25) is 14.4 Å². The molecule has 0 aliphatic heterocycles. The summed E-state index contributed by atoms with van der Waals surface area (Å²) in [6.07, 6.45) is 1.32. The number of hydrogen-bond acceptors (Lipinski definition) is 4. The largest absolute Gasteiger partial charge is 0.497 e. The van der Waals surface area contributed by atoms with Crippen molar-refractivity contribution < 1.29 is 24.2 Å². The number of benzene rings is 4. The van der Waals surface area contributed by atoms with Crippen molar-refractivity contribution in [2.24, 2.45) is 0 Å². The van der Waals surface area contributed by atoms with E-state index in [0.29, 0.717) is 47.5 Å². The summed E-state index contributed by atoms with van der Waals surface area (Å²) >= 11 is 0. The predicted octanol–water partition coefficient (Wildman–Crippen LogP) is 5.84. The lowest BCUT2D eigenvalue weighted by Crippen LogP contribution is -2.34. The highest BCUT2D eigenvalue weighted by Gasteiger charge is 2.22. The number of rotatable bonds is 13. The van der Waals surface area contributed by atoms with Crippen LogP contribution in [0, 0.1) is 0 Å². The second-order valence-corrected chi connectivity index (χ2v) is 9.65. The van der Waals surface area contributed by atoms with Gasteiger partial charge in [0.15, 0.2) is 0 Å². The molecule has 41 heavy (non-hydrogen) atoms. The quantitative estimate of drug-likeness (QED) is 0.218. The van der Waals surface area contributed by atoms with E-state index < -0.39 is 5.97 Å². The lowest BCUT2D eigenvalue weighted by molar-refractivity contribution is -0.137. The number of carboxylic acid groups (broad SMARTS) is 1. The molecular weight excluding hydrogens is 516 g/mol. The number of aliphatic carboxylic acids is 1. The summed E-state index contributed by atoms with van der Waals surface area (Å²) in [5, 5.41) is 12.3. The molecule has 0 aliphatic carbocycles. The molecule has 0 fully saturated rings. The molecule has 0 saturated carbocycles. The molecule has 0 radical (unpaired) electrons. The van der Waals surface area contributed by atoms with Crippen molar-refractivity contribution in [3.8, 4) is 16.9 Å². The molecule has 4 aromatic rings. The van der Waals surface area contributed by atoms with E-state index >= 15 is 0 Å². The number of aryl methyl sites for hydroxylation is 1. The number of nitrogens with zero attached hydrogens (tertiary/aromatic N) is 1. The average Bonchev–Trinajstić information content (AvgIpc) is 3.01. The summed E-state index contributed by atoms with van der Waals surface area (Å²) in [4.78, 5) is 40.2. The van der Waals surface area contributed by atoms with Gasteiger partial charge in [-0.25, -0.2) is 0 Å². The average molecular weight is 551 g/mol. The van der Waals surface area contributed by atoms with Gasteiger partial charge >= 0.3 is 5.97 Å². The van der Waals surface area contributed by atoms with E-state index in [0.717, 1.165) is 17.5 Å². The van der Waals surface area contributed by atoms with Gasteiger partial charge in [0.25, 0.3) is 11.8 Å². The number of carbonyl (C=O) groups excluding carboxylic acids is 2. The molecule has 210 valence electrons. The van der Waals surface area contributed by atoms with Gasteiger partial charge in [-0.05, 0) is 59.4 Å². The summed E-state index contributed by atoms with van der Waals surface area (Å²) in [5.41, 5.74) is 4.17. The van der Waals surface area contributed by atoms with Crippen LogP contribution in [0.2, 0.25) is 0 Å². The van der Waals surface area contributed by atoms with Crippen LogP contribution in [0.5, 0.6) is 5.75 Å². The molecule has 7 heteroatoms. The zero-order valence-electron chi connectivity index (χ0n) is 23.1. The third-order valence-corrected chi connectivity index (χ3v) is 6.83. The molecule has 4 rings (SSSR count). The molecule has 2 N–H and O–H groups in total. The second kappa shape index (κ2) is 14.5. The first kappa shape index (κ1) is 29.1. The fourth-order valence-electron chi connectivity index (χ4n) is 4.72. The van der Waals surface area contributed by atoms with Crippen LogP contribution in [0.4, 0.5) is 0 Å². The molecule has 4 aromatic carbocycles. The summed E-state index contributed by atoms with van der Waals surface area (Å²) in [5.74, 6) is -0.782. The van der Waals surface area contributed by atoms with Gasteiger partial charge in [0, 0.05) is 30.8 Å². The molecule has 0 aromatic heterocycles. The van der Waals surface area contributed by atoms with Crippen LogP contribution < -0.4 is 10.1 Å². The number of amides is 2. The minimum atomic E-state index is -0.961. The monoisotopic (exact) mass is 550 g/mol. The number of hydrogen-bond donors (Lipinski definition) is 2. The Morgan fingerprint density at radius 2 is 1.39 bits per heavy atom. The Bertz CT molecular complexity index is 1490. The summed E-state index contributed by atoms with van der Waals surface area (Å²) in [6, 6.07) is 31.8. The Labute approximate surface area is 240 Å².